The number of carbonyl (C=O) groups is 2. The lowest BCUT2D eigenvalue weighted by molar-refractivity contribution is -0.146. The second kappa shape index (κ2) is 3.22. The van der Waals surface area contributed by atoms with E-state index in [4.69, 9.17) is 16.7 Å². The van der Waals surface area contributed by atoms with Crippen molar-refractivity contribution in [3.63, 3.8) is 0 Å². The van der Waals surface area contributed by atoms with E-state index in [-0.39, 0.29) is 0 Å². The zero-order valence-electron chi connectivity index (χ0n) is 6.72. The van der Waals surface area contributed by atoms with Crippen LogP contribution in [0.1, 0.15) is 20.8 Å². The van der Waals surface area contributed by atoms with E-state index in [1.807, 2.05) is 0 Å². The summed E-state index contributed by atoms with van der Waals surface area (Å²) in [5, 5.41) is 8.44. The van der Waals surface area contributed by atoms with Crippen molar-refractivity contribution in [3.05, 3.63) is 0 Å². The molecule has 64 valence electrons. The van der Waals surface area contributed by atoms with Crippen LogP contribution in [0.3, 0.4) is 0 Å². The number of hydrogen-bond acceptors (Lipinski definition) is 2. The fourth-order valence-corrected chi connectivity index (χ4v) is 0.791. The lowest BCUT2D eigenvalue weighted by Crippen LogP contribution is -2.34. The van der Waals surface area contributed by atoms with Gasteiger partial charge >= 0.3 is 5.97 Å². The molecule has 0 saturated carbocycles. The molecule has 1 unspecified atom stereocenters. The maximum Gasteiger partial charge on any atom is 0.313 e. The van der Waals surface area contributed by atoms with Crippen LogP contribution in [0.15, 0.2) is 0 Å². The van der Waals surface area contributed by atoms with Gasteiger partial charge in [0, 0.05) is 0 Å². The number of carboxylic acid groups (broad SMARTS) is 1. The Labute approximate surface area is 70.3 Å². The van der Waals surface area contributed by atoms with Gasteiger partial charge in [-0.25, -0.2) is 0 Å². The summed E-state index contributed by atoms with van der Waals surface area (Å²) in [4.78, 5) is 20.3. The monoisotopic (exact) mass is 178 g/mol. The highest BCUT2D eigenvalue weighted by Gasteiger charge is 2.32. The first-order chi connectivity index (χ1) is 4.76. The molecule has 0 aromatic carbocycles. The first-order valence-corrected chi connectivity index (χ1v) is 3.60. The van der Waals surface area contributed by atoms with Crippen LogP contribution in [0.5, 0.6) is 0 Å². The van der Waals surface area contributed by atoms with Crippen LogP contribution < -0.4 is 0 Å². The van der Waals surface area contributed by atoms with Crippen LogP contribution in [-0.2, 0) is 9.59 Å². The molecule has 0 rings (SSSR count). The minimum atomic E-state index is -1.14. The van der Waals surface area contributed by atoms with Gasteiger partial charge in [-0.15, -0.1) is 11.6 Å². The van der Waals surface area contributed by atoms with E-state index in [0.717, 1.165) is 0 Å². The van der Waals surface area contributed by atoms with E-state index in [1.165, 1.54) is 20.8 Å². The number of halogens is 1. The third-order valence-electron chi connectivity index (χ3n) is 1.35. The summed E-state index contributed by atoms with van der Waals surface area (Å²) in [6.45, 7) is 4.29. The Balaban J connectivity index is 4.39. The normalized spacial score (nSPS) is 14.2. The summed E-state index contributed by atoms with van der Waals surface area (Å²) in [6, 6.07) is 0. The predicted octanol–water partition coefficient (Wildman–Crippen LogP) is 1.29. The van der Waals surface area contributed by atoms with Crippen molar-refractivity contribution in [3.8, 4) is 0 Å². The largest absolute Gasteiger partial charge is 0.481 e. The molecule has 0 amide bonds. The molecule has 0 aromatic heterocycles. The van der Waals surface area contributed by atoms with Crippen LogP contribution in [0.4, 0.5) is 0 Å². The molecule has 0 spiro atoms. The molecule has 0 fully saturated rings. The summed E-state index contributed by atoms with van der Waals surface area (Å²) >= 11 is 5.61. The SMILES string of the molecule is CC(C(=O)O)C(=O)C(C)(C)Cl. The minimum Gasteiger partial charge on any atom is -0.481 e. The second-order valence-corrected chi connectivity index (χ2v) is 3.84. The van der Waals surface area contributed by atoms with E-state index < -0.39 is 22.5 Å². The molecule has 0 saturated heterocycles. The molecule has 0 aliphatic heterocycles. The summed E-state index contributed by atoms with van der Waals surface area (Å²) in [5.74, 6) is -2.63. The van der Waals surface area contributed by atoms with Crippen molar-refractivity contribution in [1.29, 1.82) is 0 Å². The predicted molar refractivity (Wildman–Crippen MR) is 41.7 cm³/mol. The smallest absolute Gasteiger partial charge is 0.313 e. The van der Waals surface area contributed by atoms with E-state index >= 15 is 0 Å². The van der Waals surface area contributed by atoms with Gasteiger partial charge in [0.1, 0.15) is 5.92 Å². The summed E-state index contributed by atoms with van der Waals surface area (Å²) in [6.07, 6.45) is 0. The molecule has 0 aromatic rings. The number of alkyl halides is 1. The molecule has 4 heteroatoms. The standard InChI is InChI=1S/C7H11ClO3/c1-4(6(10)11)5(9)7(2,3)8/h4H,1-3H3,(H,10,11). The number of aliphatic carboxylic acids is 1. The van der Waals surface area contributed by atoms with Gasteiger partial charge in [-0.3, -0.25) is 9.59 Å². The fourth-order valence-electron chi connectivity index (χ4n) is 0.627. The highest BCUT2D eigenvalue weighted by Crippen LogP contribution is 2.18. The molecular formula is C7H11ClO3. The van der Waals surface area contributed by atoms with Crippen molar-refractivity contribution in [1.82, 2.24) is 0 Å². The minimum absolute atomic E-state index is 0.466. The van der Waals surface area contributed by atoms with Gasteiger partial charge in [-0.1, -0.05) is 0 Å². The van der Waals surface area contributed by atoms with Gasteiger partial charge in [0.25, 0.3) is 0 Å². The highest BCUT2D eigenvalue weighted by atomic mass is 35.5. The Bertz CT molecular complexity index is 181. The fraction of sp³-hybridized carbons (Fsp3) is 0.714. The quantitative estimate of drug-likeness (QED) is 0.524. The van der Waals surface area contributed by atoms with Crippen LogP contribution >= 0.6 is 11.6 Å². The Kier molecular flexibility index (Phi) is 3.05. The third-order valence-corrected chi connectivity index (χ3v) is 1.54. The van der Waals surface area contributed by atoms with E-state index in [1.54, 1.807) is 0 Å². The van der Waals surface area contributed by atoms with E-state index in [0.29, 0.717) is 0 Å². The van der Waals surface area contributed by atoms with Crippen LogP contribution in [-0.4, -0.2) is 21.7 Å². The highest BCUT2D eigenvalue weighted by molar-refractivity contribution is 6.36. The molecule has 0 aliphatic rings. The van der Waals surface area contributed by atoms with Crippen LogP contribution in [0.2, 0.25) is 0 Å². The van der Waals surface area contributed by atoms with Crippen LogP contribution in [0.25, 0.3) is 0 Å². The summed E-state index contributed by atoms with van der Waals surface area (Å²) in [5.41, 5.74) is 0. The zero-order valence-corrected chi connectivity index (χ0v) is 7.47. The van der Waals surface area contributed by atoms with Crippen molar-refractivity contribution in [2.45, 2.75) is 25.6 Å². The maximum atomic E-state index is 11.1. The van der Waals surface area contributed by atoms with Crippen molar-refractivity contribution in [2.24, 2.45) is 5.92 Å². The van der Waals surface area contributed by atoms with Gasteiger partial charge in [0.15, 0.2) is 5.78 Å². The lowest BCUT2D eigenvalue weighted by atomic mass is 9.96. The molecule has 0 radical (unpaired) electrons. The molecule has 0 bridgehead atoms. The van der Waals surface area contributed by atoms with E-state index in [2.05, 4.69) is 0 Å². The van der Waals surface area contributed by atoms with Crippen molar-refractivity contribution >= 4 is 23.4 Å². The number of Topliss-reactive ketones (excluding diaryl/α,β-unsaturated/α-hetero) is 1. The van der Waals surface area contributed by atoms with Crippen molar-refractivity contribution in [2.75, 3.05) is 0 Å². The topological polar surface area (TPSA) is 54.4 Å². The number of ketones is 1. The average molecular weight is 179 g/mol. The molecular weight excluding hydrogens is 168 g/mol. The Morgan fingerprint density at radius 2 is 1.82 bits per heavy atom. The van der Waals surface area contributed by atoms with Gasteiger partial charge in [0.05, 0.1) is 4.87 Å². The first-order valence-electron chi connectivity index (χ1n) is 3.23. The lowest BCUT2D eigenvalue weighted by Gasteiger charge is -2.16. The van der Waals surface area contributed by atoms with Gasteiger partial charge in [0.2, 0.25) is 0 Å². The zero-order chi connectivity index (χ0) is 9.23. The third kappa shape index (κ3) is 2.89. The molecule has 3 nitrogen and oxygen atoms in total. The molecule has 11 heavy (non-hydrogen) atoms. The Morgan fingerprint density at radius 3 is 1.91 bits per heavy atom. The van der Waals surface area contributed by atoms with Gasteiger partial charge in [-0.2, -0.15) is 0 Å². The molecule has 0 aliphatic carbocycles. The molecule has 1 N–H and O–H groups in total. The maximum absolute atomic E-state index is 11.1. The van der Waals surface area contributed by atoms with Gasteiger partial charge < -0.3 is 5.11 Å². The Hall–Kier alpha value is -0.570. The number of carbonyl (C=O) groups excluding carboxylic acids is 1. The molecule has 1 atom stereocenters. The summed E-state index contributed by atoms with van der Waals surface area (Å²) < 4.78 is 0. The number of hydrogen-bond donors (Lipinski definition) is 1. The second-order valence-electron chi connectivity index (χ2n) is 2.90. The average Bonchev–Trinajstić information content (AvgIpc) is 1.82. The summed E-state index contributed by atoms with van der Waals surface area (Å²) in [7, 11) is 0. The first kappa shape index (κ1) is 10.4. The van der Waals surface area contributed by atoms with Gasteiger partial charge in [-0.05, 0) is 20.8 Å². The van der Waals surface area contributed by atoms with Crippen molar-refractivity contribution < 1.29 is 14.7 Å². The number of rotatable bonds is 3. The van der Waals surface area contributed by atoms with Crippen LogP contribution in [0, 0.1) is 5.92 Å². The van der Waals surface area contributed by atoms with E-state index in [9.17, 15) is 9.59 Å². The Morgan fingerprint density at radius 1 is 1.45 bits per heavy atom. The number of carboxylic acids is 1. The molecule has 0 heterocycles.